The fourth-order valence-corrected chi connectivity index (χ4v) is 3.30. The third-order valence-corrected chi connectivity index (χ3v) is 5.13. The Morgan fingerprint density at radius 3 is 1.88 bits per heavy atom. The number of amides is 1. The topological polar surface area (TPSA) is 105 Å². The van der Waals surface area contributed by atoms with Crippen LogP contribution in [-0.2, 0) is 14.4 Å². The van der Waals surface area contributed by atoms with Gasteiger partial charge in [-0.2, -0.15) is 0 Å². The van der Waals surface area contributed by atoms with Crippen LogP contribution in [0.4, 0.5) is 4.39 Å². The first kappa shape index (κ1) is 25.7. The highest BCUT2D eigenvalue weighted by Crippen LogP contribution is 2.28. The number of carbonyl (C=O) groups excluding carboxylic acids is 3. The molecule has 1 heterocycles. The van der Waals surface area contributed by atoms with Crippen molar-refractivity contribution in [3.63, 3.8) is 0 Å². The van der Waals surface area contributed by atoms with Crippen LogP contribution in [0.1, 0.15) is 50.7 Å². The standard InChI is InChI=1S/C21H19FN2O5.C4H10/c22-12-18(25)15(11-21(28)29)23-19(26)9-10-20(27)24-16-7-3-1-5-13(16)14-6-2-4-8-17(14)24;1-3-4-2/h1-8,15H,9-12H2,(H,23,26)(H,28,29);3-4H2,1-2H3. The number of aromatic nitrogens is 1. The molecule has 33 heavy (non-hydrogen) atoms. The summed E-state index contributed by atoms with van der Waals surface area (Å²) in [6.07, 6.45) is 1.52. The fourth-order valence-electron chi connectivity index (χ4n) is 3.30. The van der Waals surface area contributed by atoms with Crippen LogP contribution in [0.25, 0.3) is 21.8 Å². The van der Waals surface area contributed by atoms with Crippen molar-refractivity contribution in [2.45, 2.75) is 52.0 Å². The molecular weight excluding hydrogens is 427 g/mol. The van der Waals surface area contributed by atoms with E-state index in [4.69, 9.17) is 5.11 Å². The lowest BCUT2D eigenvalue weighted by molar-refractivity contribution is -0.140. The molecule has 1 aromatic heterocycles. The van der Waals surface area contributed by atoms with Gasteiger partial charge in [-0.25, -0.2) is 4.39 Å². The predicted octanol–water partition coefficient (Wildman–Crippen LogP) is 4.52. The summed E-state index contributed by atoms with van der Waals surface area (Å²) in [5.41, 5.74) is 1.44. The number of carbonyl (C=O) groups is 4. The quantitative estimate of drug-likeness (QED) is 0.493. The lowest BCUT2D eigenvalue weighted by atomic mass is 10.1. The van der Waals surface area contributed by atoms with Crippen molar-refractivity contribution >= 4 is 45.4 Å². The number of nitrogens with zero attached hydrogens (tertiary/aromatic N) is 1. The minimum Gasteiger partial charge on any atom is -0.481 e. The van der Waals surface area contributed by atoms with Gasteiger partial charge in [-0.1, -0.05) is 63.1 Å². The van der Waals surface area contributed by atoms with Crippen LogP contribution in [-0.4, -0.2) is 46.0 Å². The van der Waals surface area contributed by atoms with Gasteiger partial charge in [0, 0.05) is 23.6 Å². The summed E-state index contributed by atoms with van der Waals surface area (Å²) < 4.78 is 14.1. The van der Waals surface area contributed by atoms with Gasteiger partial charge in [-0.05, 0) is 12.1 Å². The van der Waals surface area contributed by atoms with E-state index in [1.54, 1.807) is 4.57 Å². The molecule has 0 aliphatic heterocycles. The maximum atomic E-state index is 12.9. The first-order valence-corrected chi connectivity index (χ1v) is 10.9. The second kappa shape index (κ2) is 12.5. The summed E-state index contributed by atoms with van der Waals surface area (Å²) in [5.74, 6) is -3.36. The zero-order valence-corrected chi connectivity index (χ0v) is 18.8. The van der Waals surface area contributed by atoms with E-state index in [1.807, 2.05) is 48.5 Å². The minimum atomic E-state index is -1.45. The highest BCUT2D eigenvalue weighted by Gasteiger charge is 2.24. The van der Waals surface area contributed by atoms with Crippen LogP contribution >= 0.6 is 0 Å². The number of para-hydroxylation sites is 2. The Hall–Kier alpha value is -3.55. The largest absolute Gasteiger partial charge is 0.481 e. The van der Waals surface area contributed by atoms with Gasteiger partial charge in [0.1, 0.15) is 12.7 Å². The molecule has 2 N–H and O–H groups in total. The van der Waals surface area contributed by atoms with Gasteiger partial charge in [-0.3, -0.25) is 23.7 Å². The number of fused-ring (bicyclic) bond motifs is 3. The molecule has 0 aliphatic rings. The fraction of sp³-hybridized carbons (Fsp3) is 0.360. The molecule has 7 nitrogen and oxygen atoms in total. The number of Topliss-reactive ketones (excluding diaryl/α,β-unsaturated/α-hetero) is 1. The average Bonchev–Trinajstić information content (AvgIpc) is 3.16. The molecular formula is C25H29FN2O5. The van der Waals surface area contributed by atoms with Crippen molar-refractivity contribution in [2.75, 3.05) is 6.67 Å². The first-order valence-electron chi connectivity index (χ1n) is 10.9. The number of halogens is 1. The first-order chi connectivity index (χ1) is 15.8. The van der Waals surface area contributed by atoms with Gasteiger partial charge in [0.25, 0.3) is 0 Å². The molecule has 0 saturated carbocycles. The molecule has 3 aromatic rings. The van der Waals surface area contributed by atoms with E-state index in [1.165, 1.54) is 12.8 Å². The van der Waals surface area contributed by atoms with E-state index in [9.17, 15) is 23.6 Å². The predicted molar refractivity (Wildman–Crippen MR) is 125 cm³/mol. The third kappa shape index (κ3) is 6.71. The Kier molecular flexibility index (Phi) is 9.72. The van der Waals surface area contributed by atoms with Crippen LogP contribution in [0.3, 0.4) is 0 Å². The number of alkyl halides is 1. The maximum Gasteiger partial charge on any atom is 0.305 e. The summed E-state index contributed by atoms with van der Waals surface area (Å²) in [4.78, 5) is 47.2. The maximum absolute atomic E-state index is 12.9. The van der Waals surface area contributed by atoms with Gasteiger partial charge in [0.2, 0.25) is 11.8 Å². The number of ketones is 1. The SMILES string of the molecule is CCCC.O=C(O)CC(NC(=O)CCC(=O)n1c2ccccc2c2ccccc21)C(=O)CF. The minimum absolute atomic E-state index is 0.155. The summed E-state index contributed by atoms with van der Waals surface area (Å²) in [5, 5.41) is 12.8. The van der Waals surface area contributed by atoms with E-state index >= 15 is 0 Å². The smallest absolute Gasteiger partial charge is 0.305 e. The third-order valence-electron chi connectivity index (χ3n) is 5.13. The molecule has 0 spiro atoms. The summed E-state index contributed by atoms with van der Waals surface area (Å²) in [6.45, 7) is 2.98. The van der Waals surface area contributed by atoms with Gasteiger partial charge < -0.3 is 10.4 Å². The van der Waals surface area contributed by atoms with Crippen molar-refractivity contribution in [2.24, 2.45) is 0 Å². The lowest BCUT2D eigenvalue weighted by Crippen LogP contribution is -2.43. The van der Waals surface area contributed by atoms with Crippen LogP contribution in [0.2, 0.25) is 0 Å². The van der Waals surface area contributed by atoms with Gasteiger partial charge >= 0.3 is 5.97 Å². The Labute approximate surface area is 191 Å². The number of hydrogen-bond donors (Lipinski definition) is 2. The number of nitrogens with one attached hydrogen (secondary N) is 1. The Bertz CT molecular complexity index is 1080. The monoisotopic (exact) mass is 456 g/mol. The number of unbranched alkanes of at least 4 members (excludes halogenated alkanes) is 1. The van der Waals surface area contributed by atoms with Crippen molar-refractivity contribution < 1.29 is 28.7 Å². The number of benzene rings is 2. The summed E-state index contributed by atoms with van der Waals surface area (Å²) in [7, 11) is 0. The molecule has 0 aliphatic carbocycles. The highest BCUT2D eigenvalue weighted by atomic mass is 19.1. The second-order valence-electron chi connectivity index (χ2n) is 7.58. The van der Waals surface area contributed by atoms with Crippen LogP contribution < -0.4 is 5.32 Å². The van der Waals surface area contributed by atoms with E-state index in [0.717, 1.165) is 21.8 Å². The molecule has 176 valence electrons. The number of hydrogen-bond acceptors (Lipinski definition) is 4. The van der Waals surface area contributed by atoms with Crippen molar-refractivity contribution in [3.05, 3.63) is 48.5 Å². The number of aliphatic carboxylic acids is 1. The average molecular weight is 457 g/mol. The van der Waals surface area contributed by atoms with Crippen LogP contribution in [0.5, 0.6) is 0 Å². The molecule has 3 rings (SSSR count). The van der Waals surface area contributed by atoms with E-state index in [0.29, 0.717) is 0 Å². The van der Waals surface area contributed by atoms with Gasteiger partial charge in [0.05, 0.1) is 17.5 Å². The molecule has 1 unspecified atom stereocenters. The zero-order chi connectivity index (χ0) is 24.4. The van der Waals surface area contributed by atoms with E-state index in [-0.39, 0.29) is 18.7 Å². The van der Waals surface area contributed by atoms with Crippen molar-refractivity contribution in [3.8, 4) is 0 Å². The molecule has 0 saturated heterocycles. The van der Waals surface area contributed by atoms with E-state index in [2.05, 4.69) is 19.2 Å². The molecule has 8 heteroatoms. The van der Waals surface area contributed by atoms with Crippen LogP contribution in [0.15, 0.2) is 48.5 Å². The highest BCUT2D eigenvalue weighted by molar-refractivity contribution is 6.13. The zero-order valence-electron chi connectivity index (χ0n) is 18.8. The Morgan fingerprint density at radius 2 is 1.42 bits per heavy atom. The second-order valence-corrected chi connectivity index (χ2v) is 7.58. The molecule has 1 atom stereocenters. The lowest BCUT2D eigenvalue weighted by Gasteiger charge is -2.14. The molecule has 0 fully saturated rings. The van der Waals surface area contributed by atoms with Crippen molar-refractivity contribution in [1.82, 2.24) is 9.88 Å². The van der Waals surface area contributed by atoms with Gasteiger partial charge in [0.15, 0.2) is 5.78 Å². The van der Waals surface area contributed by atoms with Crippen molar-refractivity contribution in [1.29, 1.82) is 0 Å². The van der Waals surface area contributed by atoms with E-state index < -0.39 is 36.8 Å². The Morgan fingerprint density at radius 1 is 0.909 bits per heavy atom. The van der Waals surface area contributed by atoms with Gasteiger partial charge in [-0.15, -0.1) is 0 Å². The molecule has 2 aromatic carbocycles. The normalized spacial score (nSPS) is 11.5. The molecule has 1 amide bonds. The summed E-state index contributed by atoms with van der Waals surface area (Å²) in [6, 6.07) is 13.4. The number of carboxylic acid groups (broad SMARTS) is 1. The molecule has 0 bridgehead atoms. The summed E-state index contributed by atoms with van der Waals surface area (Å²) >= 11 is 0. The Balaban J connectivity index is 0.000000890. The number of carboxylic acids is 1. The number of rotatable bonds is 9. The van der Waals surface area contributed by atoms with Crippen LogP contribution in [0, 0.1) is 0 Å². The molecule has 0 radical (unpaired) electrons.